The third kappa shape index (κ3) is 1.60. The van der Waals surface area contributed by atoms with Crippen molar-refractivity contribution in [2.24, 2.45) is 0 Å². The van der Waals surface area contributed by atoms with E-state index in [4.69, 9.17) is 10.5 Å². The fourth-order valence-electron chi connectivity index (χ4n) is 1.68. The van der Waals surface area contributed by atoms with Crippen LogP contribution in [0.3, 0.4) is 0 Å². The summed E-state index contributed by atoms with van der Waals surface area (Å²) in [6.45, 7) is 1.96. The molecule has 0 saturated carbocycles. The Morgan fingerprint density at radius 3 is 2.56 bits per heavy atom. The van der Waals surface area contributed by atoms with Crippen LogP contribution in [0.4, 0.5) is 0 Å². The Morgan fingerprint density at radius 2 is 1.88 bits per heavy atom. The standard InChI is InChI=1S/C13H9N3/c1-9-6-13(10(7-14)8-15)16-12-5-3-2-4-11(9)12/h2-6,10H,1H3. The molecule has 16 heavy (non-hydrogen) atoms. The van der Waals surface area contributed by atoms with Gasteiger partial charge in [-0.2, -0.15) is 10.5 Å². The highest BCUT2D eigenvalue weighted by Gasteiger charge is 2.12. The Balaban J connectivity index is 2.68. The second-order valence-corrected chi connectivity index (χ2v) is 3.57. The lowest BCUT2D eigenvalue weighted by atomic mass is 10.0. The van der Waals surface area contributed by atoms with Crippen LogP contribution in [0.25, 0.3) is 10.9 Å². The van der Waals surface area contributed by atoms with Gasteiger partial charge in [0.2, 0.25) is 0 Å². The van der Waals surface area contributed by atoms with Crippen LogP contribution in [0.2, 0.25) is 0 Å². The van der Waals surface area contributed by atoms with Crippen LogP contribution in [-0.2, 0) is 0 Å². The number of pyridine rings is 1. The number of rotatable bonds is 1. The lowest BCUT2D eigenvalue weighted by molar-refractivity contribution is 1.03. The molecule has 0 bridgehead atoms. The summed E-state index contributed by atoms with van der Waals surface area (Å²) in [5.74, 6) is -0.789. The number of para-hydroxylation sites is 1. The lowest BCUT2D eigenvalue weighted by Gasteiger charge is -2.05. The van der Waals surface area contributed by atoms with E-state index >= 15 is 0 Å². The van der Waals surface area contributed by atoms with E-state index in [2.05, 4.69) is 4.98 Å². The summed E-state index contributed by atoms with van der Waals surface area (Å²) >= 11 is 0. The smallest absolute Gasteiger partial charge is 0.175 e. The molecule has 0 radical (unpaired) electrons. The van der Waals surface area contributed by atoms with Gasteiger partial charge in [0.15, 0.2) is 5.92 Å². The summed E-state index contributed by atoms with van der Waals surface area (Å²) < 4.78 is 0. The van der Waals surface area contributed by atoms with E-state index in [9.17, 15) is 0 Å². The van der Waals surface area contributed by atoms with Crippen molar-refractivity contribution in [2.45, 2.75) is 12.8 Å². The molecule has 0 spiro atoms. The molecular weight excluding hydrogens is 198 g/mol. The fraction of sp³-hybridized carbons (Fsp3) is 0.154. The van der Waals surface area contributed by atoms with Crippen molar-refractivity contribution in [3.05, 3.63) is 41.6 Å². The second kappa shape index (κ2) is 4.00. The van der Waals surface area contributed by atoms with Gasteiger partial charge < -0.3 is 0 Å². The number of aromatic nitrogens is 1. The summed E-state index contributed by atoms with van der Waals surface area (Å²) in [4.78, 5) is 4.33. The Labute approximate surface area is 93.6 Å². The Hall–Kier alpha value is -2.39. The molecule has 1 aromatic carbocycles. The number of nitrogens with zero attached hydrogens (tertiary/aromatic N) is 3. The average molecular weight is 207 g/mol. The van der Waals surface area contributed by atoms with Gasteiger partial charge in [0, 0.05) is 5.39 Å². The van der Waals surface area contributed by atoms with Crippen LogP contribution in [0, 0.1) is 29.6 Å². The van der Waals surface area contributed by atoms with E-state index in [1.807, 2.05) is 43.3 Å². The molecule has 0 amide bonds. The van der Waals surface area contributed by atoms with Gasteiger partial charge in [0.1, 0.15) is 0 Å². The Bertz CT molecular complexity index is 603. The third-order valence-electron chi connectivity index (χ3n) is 2.50. The zero-order valence-electron chi connectivity index (χ0n) is 8.81. The molecule has 0 fully saturated rings. The first kappa shape index (κ1) is 10.1. The molecule has 0 aliphatic heterocycles. The zero-order valence-corrected chi connectivity index (χ0v) is 8.81. The molecule has 0 aliphatic rings. The summed E-state index contributed by atoms with van der Waals surface area (Å²) in [6.07, 6.45) is 0. The molecule has 0 unspecified atom stereocenters. The average Bonchev–Trinajstić information content (AvgIpc) is 2.31. The summed E-state index contributed by atoms with van der Waals surface area (Å²) in [7, 11) is 0. The normalized spacial score (nSPS) is 10.0. The van der Waals surface area contributed by atoms with Gasteiger partial charge >= 0.3 is 0 Å². The van der Waals surface area contributed by atoms with E-state index in [-0.39, 0.29) is 0 Å². The van der Waals surface area contributed by atoms with Gasteiger partial charge in [0.25, 0.3) is 0 Å². The van der Waals surface area contributed by atoms with Crippen LogP contribution >= 0.6 is 0 Å². The molecule has 0 saturated heterocycles. The first-order valence-corrected chi connectivity index (χ1v) is 4.92. The lowest BCUT2D eigenvalue weighted by Crippen LogP contribution is -1.97. The highest BCUT2D eigenvalue weighted by Crippen LogP contribution is 2.21. The number of fused-ring (bicyclic) bond motifs is 1. The largest absolute Gasteiger partial charge is 0.250 e. The van der Waals surface area contributed by atoms with Crippen molar-refractivity contribution in [3.63, 3.8) is 0 Å². The van der Waals surface area contributed by atoms with E-state index in [1.165, 1.54) is 0 Å². The van der Waals surface area contributed by atoms with Crippen molar-refractivity contribution >= 4 is 10.9 Å². The van der Waals surface area contributed by atoms with E-state index < -0.39 is 5.92 Å². The topological polar surface area (TPSA) is 60.5 Å². The molecule has 2 aromatic rings. The van der Waals surface area contributed by atoms with Crippen molar-refractivity contribution in [2.75, 3.05) is 0 Å². The van der Waals surface area contributed by atoms with Crippen LogP contribution < -0.4 is 0 Å². The highest BCUT2D eigenvalue weighted by molar-refractivity contribution is 5.82. The van der Waals surface area contributed by atoms with Crippen molar-refractivity contribution in [1.29, 1.82) is 10.5 Å². The maximum Gasteiger partial charge on any atom is 0.175 e. The highest BCUT2D eigenvalue weighted by atomic mass is 14.7. The van der Waals surface area contributed by atoms with Gasteiger partial charge in [-0.3, -0.25) is 4.98 Å². The molecule has 3 nitrogen and oxygen atoms in total. The molecule has 3 heteroatoms. The van der Waals surface area contributed by atoms with E-state index in [1.54, 1.807) is 6.07 Å². The van der Waals surface area contributed by atoms with Crippen molar-refractivity contribution in [3.8, 4) is 12.1 Å². The van der Waals surface area contributed by atoms with Crippen LogP contribution in [0.5, 0.6) is 0 Å². The fourth-order valence-corrected chi connectivity index (χ4v) is 1.68. The quantitative estimate of drug-likeness (QED) is 0.722. The third-order valence-corrected chi connectivity index (χ3v) is 2.50. The number of hydrogen-bond acceptors (Lipinski definition) is 3. The zero-order chi connectivity index (χ0) is 11.5. The minimum atomic E-state index is -0.789. The van der Waals surface area contributed by atoms with Gasteiger partial charge in [-0.15, -0.1) is 0 Å². The van der Waals surface area contributed by atoms with Gasteiger partial charge in [-0.1, -0.05) is 18.2 Å². The Morgan fingerprint density at radius 1 is 1.19 bits per heavy atom. The number of hydrogen-bond donors (Lipinski definition) is 0. The molecule has 1 heterocycles. The van der Waals surface area contributed by atoms with Crippen LogP contribution in [-0.4, -0.2) is 4.98 Å². The minimum Gasteiger partial charge on any atom is -0.250 e. The maximum atomic E-state index is 8.83. The monoisotopic (exact) mass is 207 g/mol. The summed E-state index contributed by atoms with van der Waals surface area (Å²) in [5.41, 5.74) is 2.39. The van der Waals surface area contributed by atoms with Crippen LogP contribution in [0.1, 0.15) is 17.2 Å². The van der Waals surface area contributed by atoms with E-state index in [0.29, 0.717) is 5.69 Å². The summed E-state index contributed by atoms with van der Waals surface area (Å²) in [6, 6.07) is 13.4. The maximum absolute atomic E-state index is 8.83. The van der Waals surface area contributed by atoms with Gasteiger partial charge in [-0.05, 0) is 24.6 Å². The molecule has 0 N–H and O–H groups in total. The molecule has 1 aromatic heterocycles. The van der Waals surface area contributed by atoms with E-state index in [0.717, 1.165) is 16.5 Å². The Kier molecular flexibility index (Phi) is 2.54. The van der Waals surface area contributed by atoms with Gasteiger partial charge in [0.05, 0.1) is 23.3 Å². The van der Waals surface area contributed by atoms with Crippen molar-refractivity contribution in [1.82, 2.24) is 4.98 Å². The van der Waals surface area contributed by atoms with Crippen LogP contribution in [0.15, 0.2) is 30.3 Å². The molecule has 0 aliphatic carbocycles. The minimum absolute atomic E-state index is 0.529. The first-order chi connectivity index (χ1) is 7.76. The second-order valence-electron chi connectivity index (χ2n) is 3.57. The van der Waals surface area contributed by atoms with Crippen molar-refractivity contribution < 1.29 is 0 Å². The summed E-state index contributed by atoms with van der Waals surface area (Å²) in [5, 5.41) is 18.7. The number of aryl methyl sites for hydroxylation is 1. The number of benzene rings is 1. The van der Waals surface area contributed by atoms with Gasteiger partial charge in [-0.25, -0.2) is 0 Å². The first-order valence-electron chi connectivity index (χ1n) is 4.92. The SMILES string of the molecule is Cc1cc(C(C#N)C#N)nc2ccccc12. The molecule has 2 rings (SSSR count). The number of nitriles is 2. The molecule has 76 valence electrons. The predicted molar refractivity (Wildman–Crippen MR) is 60.4 cm³/mol. The molecule has 0 atom stereocenters. The molecular formula is C13H9N3. The predicted octanol–water partition coefficient (Wildman–Crippen LogP) is 2.67.